The second-order valence-corrected chi connectivity index (χ2v) is 12.3. The number of nitrogens with one attached hydrogen (secondary N) is 1. The van der Waals surface area contributed by atoms with Gasteiger partial charge in [-0.05, 0) is 61.8 Å². The molecule has 3 atom stereocenters. The highest BCUT2D eigenvalue weighted by molar-refractivity contribution is 7.86. The fraction of sp³-hybridized carbons (Fsp3) is 0.565. The molecule has 2 N–H and O–H groups in total. The molecule has 8 heteroatoms. The molecule has 31 heavy (non-hydrogen) atoms. The SMILES string of the molecule is O=[S@]1c2c(NC3(CO)CCC3)nc(N3CC4(Cc5ccc(Cl)cc5C4)C3)nc2C2CC21. The number of halogens is 1. The first kappa shape index (κ1) is 18.8. The Labute approximate surface area is 188 Å². The molecule has 1 spiro atoms. The maximum Gasteiger partial charge on any atom is 0.227 e. The normalized spacial score (nSPS) is 30.3. The van der Waals surface area contributed by atoms with Gasteiger partial charge in [0.1, 0.15) is 10.7 Å². The lowest BCUT2D eigenvalue weighted by molar-refractivity contribution is 0.143. The molecule has 5 aliphatic rings. The Morgan fingerprint density at radius 1 is 1.23 bits per heavy atom. The fourth-order valence-electron chi connectivity index (χ4n) is 6.09. The number of aromatic nitrogens is 2. The highest BCUT2D eigenvalue weighted by Crippen LogP contribution is 2.56. The molecule has 6 nitrogen and oxygen atoms in total. The smallest absolute Gasteiger partial charge is 0.227 e. The summed E-state index contributed by atoms with van der Waals surface area (Å²) >= 11 is 6.20. The van der Waals surface area contributed by atoms with Crippen LogP contribution in [0.15, 0.2) is 23.1 Å². The Bertz CT molecular complexity index is 1140. The molecule has 2 aromatic rings. The minimum Gasteiger partial charge on any atom is -0.394 e. The van der Waals surface area contributed by atoms with Crippen LogP contribution in [-0.2, 0) is 23.6 Å². The Morgan fingerprint density at radius 2 is 2.03 bits per heavy atom. The standard InChI is InChI=1S/C23H25ClN4O2S/c24-15-3-2-13-8-22(9-14(13)6-15)10-28(11-22)21-25-18-16-7-17(16)31(30)19(18)20(26-21)27-23(12-29)4-1-5-23/h2-3,6,16-17,29H,1,4-5,7-12H2,(H,25,26,27)/t16?,17?,31-/m1/s1. The van der Waals surface area contributed by atoms with Crippen molar-refractivity contribution >= 4 is 34.2 Å². The Morgan fingerprint density at radius 3 is 2.77 bits per heavy atom. The second-order valence-electron chi connectivity index (χ2n) is 10.3. The number of aliphatic hydroxyl groups is 1. The topological polar surface area (TPSA) is 78.3 Å². The third-order valence-electron chi connectivity index (χ3n) is 8.07. The summed E-state index contributed by atoms with van der Waals surface area (Å²) in [5.41, 5.74) is 3.68. The van der Waals surface area contributed by atoms with Crippen molar-refractivity contribution in [3.05, 3.63) is 40.0 Å². The Kier molecular flexibility index (Phi) is 3.77. The van der Waals surface area contributed by atoms with Gasteiger partial charge in [-0.25, -0.2) is 4.98 Å². The molecule has 0 amide bonds. The first-order valence-corrected chi connectivity index (χ1v) is 12.8. The van der Waals surface area contributed by atoms with E-state index in [9.17, 15) is 9.32 Å². The summed E-state index contributed by atoms with van der Waals surface area (Å²) in [6, 6.07) is 6.26. The third kappa shape index (κ3) is 2.69. The van der Waals surface area contributed by atoms with E-state index < -0.39 is 10.8 Å². The number of benzene rings is 1. The lowest BCUT2D eigenvalue weighted by atomic mass is 9.77. The molecular weight excluding hydrogens is 432 g/mol. The van der Waals surface area contributed by atoms with Gasteiger partial charge in [0.2, 0.25) is 5.95 Å². The number of aliphatic hydroxyl groups excluding tert-OH is 1. The zero-order valence-corrected chi connectivity index (χ0v) is 18.8. The molecule has 1 aromatic carbocycles. The van der Waals surface area contributed by atoms with Gasteiger partial charge < -0.3 is 15.3 Å². The molecule has 3 heterocycles. The summed E-state index contributed by atoms with van der Waals surface area (Å²) in [6.45, 7) is 1.94. The predicted octanol–water partition coefficient (Wildman–Crippen LogP) is 3.04. The minimum atomic E-state index is -1.04. The van der Waals surface area contributed by atoms with E-state index in [2.05, 4.69) is 22.3 Å². The molecule has 7 rings (SSSR count). The Hall–Kier alpha value is -1.70. The van der Waals surface area contributed by atoms with E-state index in [1.165, 1.54) is 11.1 Å². The summed E-state index contributed by atoms with van der Waals surface area (Å²) in [6.07, 6.45) is 6.05. The van der Waals surface area contributed by atoms with Crippen LogP contribution >= 0.6 is 11.6 Å². The molecule has 3 aliphatic carbocycles. The van der Waals surface area contributed by atoms with E-state index >= 15 is 0 Å². The van der Waals surface area contributed by atoms with Crippen LogP contribution in [0.2, 0.25) is 5.02 Å². The average molecular weight is 457 g/mol. The molecule has 2 unspecified atom stereocenters. The zero-order chi connectivity index (χ0) is 21.0. The van der Waals surface area contributed by atoms with Gasteiger partial charge >= 0.3 is 0 Å². The van der Waals surface area contributed by atoms with Gasteiger partial charge in [-0.15, -0.1) is 0 Å². The van der Waals surface area contributed by atoms with E-state index in [0.29, 0.717) is 11.7 Å². The molecule has 1 aromatic heterocycles. The monoisotopic (exact) mass is 456 g/mol. The van der Waals surface area contributed by atoms with Gasteiger partial charge in [0.05, 0.1) is 28.6 Å². The molecular formula is C23H25ClN4O2S. The average Bonchev–Trinajstić information content (AvgIpc) is 3.33. The number of anilines is 2. The number of nitrogens with zero attached hydrogens (tertiary/aromatic N) is 3. The van der Waals surface area contributed by atoms with Gasteiger partial charge in [-0.2, -0.15) is 4.98 Å². The summed E-state index contributed by atoms with van der Waals surface area (Å²) in [5, 5.41) is 14.5. The molecule has 162 valence electrons. The maximum atomic E-state index is 13.0. The maximum absolute atomic E-state index is 13.0. The number of hydrogen-bond donors (Lipinski definition) is 2. The summed E-state index contributed by atoms with van der Waals surface area (Å²) < 4.78 is 13.0. The van der Waals surface area contributed by atoms with Crippen LogP contribution in [0.25, 0.3) is 0 Å². The lowest BCUT2D eigenvalue weighted by Gasteiger charge is -2.48. The predicted molar refractivity (Wildman–Crippen MR) is 120 cm³/mol. The second kappa shape index (κ2) is 6.21. The minimum absolute atomic E-state index is 0.0776. The van der Waals surface area contributed by atoms with Crippen molar-refractivity contribution in [3.8, 4) is 0 Å². The van der Waals surface area contributed by atoms with Gasteiger partial charge in [0.25, 0.3) is 0 Å². The van der Waals surface area contributed by atoms with Crippen molar-refractivity contribution in [1.82, 2.24) is 9.97 Å². The van der Waals surface area contributed by atoms with Crippen molar-refractivity contribution in [3.63, 3.8) is 0 Å². The van der Waals surface area contributed by atoms with Crippen LogP contribution in [0.4, 0.5) is 11.8 Å². The van der Waals surface area contributed by atoms with Crippen LogP contribution in [0, 0.1) is 5.41 Å². The van der Waals surface area contributed by atoms with E-state index in [1.807, 2.05) is 6.07 Å². The molecule has 3 fully saturated rings. The van der Waals surface area contributed by atoms with Crippen LogP contribution in [-0.4, -0.2) is 49.8 Å². The molecule has 0 bridgehead atoms. The first-order chi connectivity index (χ1) is 15.0. The van der Waals surface area contributed by atoms with Crippen LogP contribution < -0.4 is 10.2 Å². The third-order valence-corrected chi connectivity index (χ3v) is 10.2. The highest BCUT2D eigenvalue weighted by Gasteiger charge is 2.55. The molecule has 1 saturated heterocycles. The van der Waals surface area contributed by atoms with Crippen molar-refractivity contribution < 1.29 is 9.32 Å². The van der Waals surface area contributed by atoms with Crippen molar-refractivity contribution in [2.75, 3.05) is 29.9 Å². The van der Waals surface area contributed by atoms with Crippen LogP contribution in [0.3, 0.4) is 0 Å². The van der Waals surface area contributed by atoms with E-state index in [-0.39, 0.29) is 22.8 Å². The van der Waals surface area contributed by atoms with E-state index in [1.54, 1.807) is 0 Å². The van der Waals surface area contributed by atoms with Gasteiger partial charge in [0.15, 0.2) is 0 Å². The van der Waals surface area contributed by atoms with Crippen LogP contribution in [0.1, 0.15) is 48.4 Å². The number of fused-ring (bicyclic) bond motifs is 4. The fourth-order valence-corrected chi connectivity index (χ4v) is 8.08. The van der Waals surface area contributed by atoms with E-state index in [0.717, 1.165) is 73.2 Å². The quantitative estimate of drug-likeness (QED) is 0.736. The van der Waals surface area contributed by atoms with Crippen molar-refractivity contribution in [1.29, 1.82) is 0 Å². The summed E-state index contributed by atoms with van der Waals surface area (Å²) in [5.74, 6) is 1.76. The summed E-state index contributed by atoms with van der Waals surface area (Å²) in [4.78, 5) is 12.9. The van der Waals surface area contributed by atoms with Gasteiger partial charge in [-0.1, -0.05) is 17.7 Å². The number of rotatable bonds is 4. The Balaban J connectivity index is 1.19. The zero-order valence-electron chi connectivity index (χ0n) is 17.2. The largest absolute Gasteiger partial charge is 0.394 e. The highest BCUT2D eigenvalue weighted by atomic mass is 35.5. The number of hydrogen-bond acceptors (Lipinski definition) is 6. The van der Waals surface area contributed by atoms with Crippen molar-refractivity contribution in [2.24, 2.45) is 5.41 Å². The van der Waals surface area contributed by atoms with Gasteiger partial charge in [0, 0.05) is 34.7 Å². The van der Waals surface area contributed by atoms with Crippen LogP contribution in [0.5, 0.6) is 0 Å². The molecule has 0 radical (unpaired) electrons. The first-order valence-electron chi connectivity index (χ1n) is 11.2. The molecule has 2 saturated carbocycles. The summed E-state index contributed by atoms with van der Waals surface area (Å²) in [7, 11) is -1.04. The van der Waals surface area contributed by atoms with Crippen molar-refractivity contribution in [2.45, 2.75) is 60.1 Å². The van der Waals surface area contributed by atoms with Gasteiger partial charge in [-0.3, -0.25) is 4.21 Å². The van der Waals surface area contributed by atoms with E-state index in [4.69, 9.17) is 21.6 Å². The molecule has 2 aliphatic heterocycles. The lowest BCUT2D eigenvalue weighted by Crippen LogP contribution is -2.58.